The number of carbonyl (C=O) groups is 4. The van der Waals surface area contributed by atoms with Crippen molar-refractivity contribution in [3.05, 3.63) is 149 Å². The van der Waals surface area contributed by atoms with Gasteiger partial charge in [0.15, 0.2) is 0 Å². The number of phenolic OH excluding ortho intramolecular Hbond substituents is 1. The zero-order valence-corrected chi connectivity index (χ0v) is 29.5. The van der Waals surface area contributed by atoms with E-state index in [0.717, 1.165) is 16.1 Å². The van der Waals surface area contributed by atoms with Gasteiger partial charge in [0.05, 0.1) is 40.8 Å². The lowest BCUT2D eigenvalue weighted by Crippen LogP contribution is -2.55. The van der Waals surface area contributed by atoms with E-state index in [2.05, 4.69) is 12.0 Å². The second-order valence-electron chi connectivity index (χ2n) is 14.5. The van der Waals surface area contributed by atoms with Gasteiger partial charge in [-0.1, -0.05) is 60.2 Å². The molecule has 0 spiro atoms. The number of fused-ring (bicyclic) bond motifs is 5. The summed E-state index contributed by atoms with van der Waals surface area (Å²) < 4.78 is 20.1. The largest absolute Gasteiger partial charge is 0.508 e. The van der Waals surface area contributed by atoms with Crippen molar-refractivity contribution in [2.24, 2.45) is 29.6 Å². The lowest BCUT2D eigenvalue weighted by atomic mass is 9.48. The van der Waals surface area contributed by atoms with Gasteiger partial charge >= 0.3 is 0 Å². The Hall–Kier alpha value is -6.00. The summed E-state index contributed by atoms with van der Waals surface area (Å²) >= 11 is 6.39. The second kappa shape index (κ2) is 12.6. The van der Waals surface area contributed by atoms with Gasteiger partial charge < -0.3 is 9.84 Å². The number of amides is 4. The number of hydrogen-bond acceptors (Lipinski definition) is 7. The molecular formula is C43H33ClFN3O6. The Morgan fingerprint density at radius 3 is 2.37 bits per heavy atom. The van der Waals surface area contributed by atoms with Crippen molar-refractivity contribution >= 4 is 52.7 Å². The number of anilines is 2. The molecule has 3 aliphatic heterocycles. The zero-order valence-electron chi connectivity index (χ0n) is 28.7. The maximum Gasteiger partial charge on any atom is 0.260 e. The molecule has 1 saturated carbocycles. The highest BCUT2D eigenvalue weighted by Crippen LogP contribution is 2.63. The van der Waals surface area contributed by atoms with E-state index in [0.29, 0.717) is 38.8 Å². The monoisotopic (exact) mass is 741 g/mol. The third-order valence-electron chi connectivity index (χ3n) is 11.8. The fourth-order valence-electron chi connectivity index (χ4n) is 9.49. The zero-order chi connectivity index (χ0) is 37.5. The molecule has 11 heteroatoms. The van der Waals surface area contributed by atoms with Gasteiger partial charge in [0.25, 0.3) is 11.8 Å². The minimum atomic E-state index is -1.54. The summed E-state index contributed by atoms with van der Waals surface area (Å²) in [5, 5.41) is 11.9. The van der Waals surface area contributed by atoms with Crippen LogP contribution in [0.2, 0.25) is 5.02 Å². The molecule has 2 N–H and O–H groups in total. The summed E-state index contributed by atoms with van der Waals surface area (Å²) in [6, 6.07) is 24.1. The van der Waals surface area contributed by atoms with Crippen molar-refractivity contribution in [1.82, 2.24) is 5.01 Å². The first-order chi connectivity index (χ1) is 26.1. The van der Waals surface area contributed by atoms with Gasteiger partial charge in [-0.2, -0.15) is 5.01 Å². The molecule has 0 aromatic heterocycles. The third kappa shape index (κ3) is 4.96. The molecule has 0 radical (unpaired) electrons. The van der Waals surface area contributed by atoms with Crippen molar-refractivity contribution < 1.29 is 33.4 Å². The molecule has 54 heavy (non-hydrogen) atoms. The molecule has 2 aliphatic carbocycles. The number of aromatic hydroxyl groups is 1. The van der Waals surface area contributed by atoms with Crippen LogP contribution >= 0.6 is 11.6 Å². The number of rotatable bonds is 6. The van der Waals surface area contributed by atoms with Crippen molar-refractivity contribution in [3.8, 4) is 11.5 Å². The number of hydrazine groups is 1. The summed E-state index contributed by atoms with van der Waals surface area (Å²) in [7, 11) is 0. The fraction of sp³-hybridized carbons (Fsp3) is 0.209. The fourth-order valence-corrected chi connectivity index (χ4v) is 9.61. The van der Waals surface area contributed by atoms with Crippen LogP contribution in [0.3, 0.4) is 0 Å². The second-order valence-corrected chi connectivity index (χ2v) is 14.9. The number of imide groups is 2. The lowest BCUT2D eigenvalue weighted by Gasteiger charge is -2.51. The van der Waals surface area contributed by atoms with E-state index in [9.17, 15) is 23.9 Å². The number of phenols is 1. The van der Waals surface area contributed by atoms with Crippen LogP contribution in [0.25, 0.3) is 6.08 Å². The van der Waals surface area contributed by atoms with Crippen LogP contribution in [0.5, 0.6) is 11.5 Å². The molecule has 270 valence electrons. The standard InChI is InChI=1S/C43H33ClFN3O6/c1-2-23-3-13-30(14-4-23)47-39(50)33-17-16-32-34(37(33)41(47)52)21-35-40(51)48(46-29-11-9-28(45)10-12-29)42(53)43(35,26-5-7-27(44)8-6-26)38(32)25-19-24-20-31(49)15-18-36(24)54-22-25/h2-16,18,20,22,33-35,37-38,46,49H,1,17,19,21H2/t33-,34+,35-,37-,38-,43+/m0/s1. The number of carbonyl (C=O) groups excluding carboxylic acids is 4. The van der Waals surface area contributed by atoms with Crippen molar-refractivity contribution in [2.45, 2.75) is 24.7 Å². The van der Waals surface area contributed by atoms with Crippen LogP contribution in [-0.2, 0) is 31.0 Å². The van der Waals surface area contributed by atoms with Crippen LogP contribution < -0.4 is 15.1 Å². The van der Waals surface area contributed by atoms with E-state index in [1.54, 1.807) is 73.0 Å². The number of nitrogens with zero attached hydrogens (tertiary/aromatic N) is 2. The van der Waals surface area contributed by atoms with Gasteiger partial charge in [0.1, 0.15) is 17.3 Å². The van der Waals surface area contributed by atoms with Crippen LogP contribution in [-0.4, -0.2) is 33.7 Å². The Kier molecular flexibility index (Phi) is 7.86. The number of hydrogen-bond donors (Lipinski definition) is 2. The molecule has 4 aromatic rings. The molecule has 9 nitrogen and oxygen atoms in total. The molecule has 3 fully saturated rings. The highest BCUT2D eigenvalue weighted by atomic mass is 35.5. The summed E-state index contributed by atoms with van der Waals surface area (Å²) in [5.74, 6) is -5.44. The Morgan fingerprint density at radius 1 is 0.907 bits per heavy atom. The summed E-state index contributed by atoms with van der Waals surface area (Å²) in [4.78, 5) is 60.1. The molecule has 4 amide bonds. The number of nitrogens with one attached hydrogen (secondary N) is 1. The normalized spacial score (nSPS) is 27.0. The molecule has 6 atom stereocenters. The van der Waals surface area contributed by atoms with Gasteiger partial charge in [-0.25, -0.2) is 4.39 Å². The molecule has 0 unspecified atom stereocenters. The first-order valence-electron chi connectivity index (χ1n) is 17.7. The first-order valence-corrected chi connectivity index (χ1v) is 18.1. The van der Waals surface area contributed by atoms with E-state index in [1.807, 2.05) is 6.08 Å². The number of benzene rings is 4. The number of allylic oxidation sites excluding steroid dienone is 3. The summed E-state index contributed by atoms with van der Waals surface area (Å²) in [6.07, 6.45) is 5.90. The molecular weight excluding hydrogens is 709 g/mol. The maximum absolute atomic E-state index is 15.4. The average Bonchev–Trinajstić information content (AvgIpc) is 3.56. The Morgan fingerprint density at radius 2 is 1.65 bits per heavy atom. The first kappa shape index (κ1) is 33.8. The molecule has 5 aliphatic rings. The highest BCUT2D eigenvalue weighted by molar-refractivity contribution is 6.30. The van der Waals surface area contributed by atoms with E-state index >= 15 is 4.79 Å². The van der Waals surface area contributed by atoms with Crippen LogP contribution in [0.15, 0.2) is 121 Å². The van der Waals surface area contributed by atoms with Gasteiger partial charge in [0.2, 0.25) is 11.8 Å². The molecule has 4 aromatic carbocycles. The van der Waals surface area contributed by atoms with Crippen LogP contribution in [0, 0.1) is 35.4 Å². The number of ether oxygens (including phenoxy) is 1. The highest BCUT2D eigenvalue weighted by Gasteiger charge is 2.70. The van der Waals surface area contributed by atoms with Crippen molar-refractivity contribution in [3.63, 3.8) is 0 Å². The van der Waals surface area contributed by atoms with Crippen molar-refractivity contribution in [2.75, 3.05) is 10.3 Å². The van der Waals surface area contributed by atoms with E-state index in [4.69, 9.17) is 16.3 Å². The van der Waals surface area contributed by atoms with Gasteiger partial charge in [-0.15, -0.1) is 0 Å². The van der Waals surface area contributed by atoms with Crippen molar-refractivity contribution in [1.29, 1.82) is 0 Å². The van der Waals surface area contributed by atoms with E-state index in [-0.39, 0.29) is 36.8 Å². The Balaban J connectivity index is 1.22. The van der Waals surface area contributed by atoms with E-state index < -0.39 is 52.6 Å². The molecule has 9 rings (SSSR count). The predicted octanol–water partition coefficient (Wildman–Crippen LogP) is 7.37. The smallest absolute Gasteiger partial charge is 0.260 e. The van der Waals surface area contributed by atoms with Gasteiger partial charge in [-0.3, -0.25) is 29.5 Å². The minimum Gasteiger partial charge on any atom is -0.508 e. The molecule has 0 bridgehead atoms. The average molecular weight is 742 g/mol. The number of halogens is 2. The van der Waals surface area contributed by atoms with Crippen LogP contribution in [0.1, 0.15) is 29.5 Å². The topological polar surface area (TPSA) is 116 Å². The maximum atomic E-state index is 15.4. The lowest BCUT2D eigenvalue weighted by molar-refractivity contribution is -0.139. The quantitative estimate of drug-likeness (QED) is 0.157. The predicted molar refractivity (Wildman–Crippen MR) is 199 cm³/mol. The SMILES string of the molecule is C=Cc1ccc(N2C(=O)[C@H]3[C@H](CC=C4[C@H](C5=COc6ccc(O)cc6C5)[C@]5(c6ccc(Cl)cc6)C(=O)N(Nc6ccc(F)cc6)C(=O)[C@@H]5C[C@H]43)C2=O)cc1. The summed E-state index contributed by atoms with van der Waals surface area (Å²) in [6.45, 7) is 3.79. The summed E-state index contributed by atoms with van der Waals surface area (Å²) in [5.41, 5.74) is 5.72. The Bertz CT molecular complexity index is 2340. The van der Waals surface area contributed by atoms with Gasteiger partial charge in [-0.05, 0) is 102 Å². The third-order valence-corrected chi connectivity index (χ3v) is 12.0. The van der Waals surface area contributed by atoms with E-state index in [1.165, 1.54) is 35.2 Å². The minimum absolute atomic E-state index is 0.0446. The van der Waals surface area contributed by atoms with Gasteiger partial charge in [0, 0.05) is 22.9 Å². The molecule has 2 saturated heterocycles. The Labute approximate surface area is 315 Å². The molecule has 3 heterocycles. The van der Waals surface area contributed by atoms with Crippen LogP contribution in [0.4, 0.5) is 15.8 Å².